The molecule has 1 aromatic rings. The second-order valence-corrected chi connectivity index (χ2v) is 4.33. The highest BCUT2D eigenvalue weighted by atomic mass is 35.5. The van der Waals surface area contributed by atoms with E-state index >= 15 is 0 Å². The molecule has 1 aliphatic rings. The quantitative estimate of drug-likeness (QED) is 0.773. The van der Waals surface area contributed by atoms with Crippen LogP contribution in [0.1, 0.15) is 11.5 Å². The first-order chi connectivity index (χ1) is 7.31. The molecule has 1 fully saturated rings. The van der Waals surface area contributed by atoms with Crippen molar-refractivity contribution in [3.8, 4) is 0 Å². The Hall–Kier alpha value is -0.480. The van der Waals surface area contributed by atoms with Crippen molar-refractivity contribution < 1.29 is 0 Å². The average molecular weight is 241 g/mol. The molecule has 2 N–H and O–H groups in total. The summed E-state index contributed by atoms with van der Waals surface area (Å²) >= 11 is 11.0. The Morgan fingerprint density at radius 1 is 1.27 bits per heavy atom. The summed E-state index contributed by atoms with van der Waals surface area (Å²) in [5.41, 5.74) is 1.20. The molecule has 0 aliphatic carbocycles. The maximum absolute atomic E-state index is 6.14. The molecule has 1 aromatic carbocycles. The van der Waals surface area contributed by atoms with Gasteiger partial charge in [-0.05, 0) is 11.6 Å². The largest absolute Gasteiger partial charge is 0.297 e. The van der Waals surface area contributed by atoms with Gasteiger partial charge >= 0.3 is 0 Å². The Bertz CT molecular complexity index is 348. The summed E-state index contributed by atoms with van der Waals surface area (Å²) in [7, 11) is 0. The molecule has 2 nitrogen and oxygen atoms in total. The van der Waals surface area contributed by atoms with Gasteiger partial charge in [0.25, 0.3) is 0 Å². The first-order valence-corrected chi connectivity index (χ1v) is 5.82. The predicted octanol–water partition coefficient (Wildman–Crippen LogP) is 1.94. The molecule has 0 bridgehead atoms. The standard InChI is InChI=1S/C11H13ClN2S/c12-10-4-2-1-3-9(10)8-5-13-11(7-15)14-6-8/h1-4,7-8,11,13-14H,5-6H2. The van der Waals surface area contributed by atoms with Crippen molar-refractivity contribution in [3.05, 3.63) is 34.9 Å². The monoisotopic (exact) mass is 240 g/mol. The molecule has 0 radical (unpaired) electrons. The minimum absolute atomic E-state index is 0.152. The fraction of sp³-hybridized carbons (Fsp3) is 0.364. The van der Waals surface area contributed by atoms with Crippen LogP contribution in [-0.2, 0) is 0 Å². The van der Waals surface area contributed by atoms with E-state index in [9.17, 15) is 0 Å². The maximum atomic E-state index is 6.14. The maximum Gasteiger partial charge on any atom is 0.0869 e. The first-order valence-electron chi connectivity index (χ1n) is 4.97. The number of benzene rings is 1. The van der Waals surface area contributed by atoms with Gasteiger partial charge in [-0.25, -0.2) is 0 Å². The predicted molar refractivity (Wildman–Crippen MR) is 67.6 cm³/mol. The molecule has 80 valence electrons. The fourth-order valence-electron chi connectivity index (χ4n) is 1.81. The summed E-state index contributed by atoms with van der Waals surface area (Å²) in [6, 6.07) is 7.98. The Kier molecular flexibility index (Phi) is 3.70. The highest BCUT2D eigenvalue weighted by Gasteiger charge is 2.20. The third-order valence-electron chi connectivity index (χ3n) is 2.65. The third kappa shape index (κ3) is 2.55. The normalized spacial score (nSPS) is 26.2. The SMILES string of the molecule is S=CC1NCC(c2ccccc2Cl)CN1. The summed E-state index contributed by atoms with van der Waals surface area (Å²) in [5.74, 6) is 0.421. The lowest BCUT2D eigenvalue weighted by molar-refractivity contribution is 0.409. The number of hydrogen-bond donors (Lipinski definition) is 2. The van der Waals surface area contributed by atoms with E-state index in [1.54, 1.807) is 5.37 Å². The highest BCUT2D eigenvalue weighted by Crippen LogP contribution is 2.24. The highest BCUT2D eigenvalue weighted by molar-refractivity contribution is 7.79. The number of halogens is 1. The van der Waals surface area contributed by atoms with E-state index < -0.39 is 0 Å². The second kappa shape index (κ2) is 5.03. The molecule has 0 atom stereocenters. The summed E-state index contributed by atoms with van der Waals surface area (Å²) in [6.07, 6.45) is 0.152. The number of rotatable bonds is 2. The van der Waals surface area contributed by atoms with Gasteiger partial charge in [-0.3, -0.25) is 10.6 Å². The van der Waals surface area contributed by atoms with Gasteiger partial charge in [0.05, 0.1) is 6.17 Å². The zero-order valence-electron chi connectivity index (χ0n) is 8.24. The Labute approximate surface area is 100 Å². The van der Waals surface area contributed by atoms with Gasteiger partial charge in [-0.2, -0.15) is 0 Å². The van der Waals surface area contributed by atoms with Crippen LogP contribution in [0.2, 0.25) is 5.02 Å². The Morgan fingerprint density at radius 3 is 2.53 bits per heavy atom. The second-order valence-electron chi connectivity index (χ2n) is 3.65. The fourth-order valence-corrected chi connectivity index (χ4v) is 2.29. The molecule has 15 heavy (non-hydrogen) atoms. The summed E-state index contributed by atoms with van der Waals surface area (Å²) < 4.78 is 0. The van der Waals surface area contributed by atoms with E-state index in [-0.39, 0.29) is 6.17 Å². The van der Waals surface area contributed by atoms with E-state index in [1.165, 1.54) is 5.56 Å². The summed E-state index contributed by atoms with van der Waals surface area (Å²) in [5, 5.41) is 9.18. The van der Waals surface area contributed by atoms with Crippen molar-refractivity contribution in [3.63, 3.8) is 0 Å². The molecule has 1 saturated heterocycles. The van der Waals surface area contributed by atoms with Gasteiger partial charge in [0, 0.05) is 29.4 Å². The number of hydrogen-bond acceptors (Lipinski definition) is 3. The molecule has 4 heteroatoms. The van der Waals surface area contributed by atoms with E-state index in [0.717, 1.165) is 18.1 Å². The van der Waals surface area contributed by atoms with Gasteiger partial charge in [0.15, 0.2) is 0 Å². The summed E-state index contributed by atoms with van der Waals surface area (Å²) in [4.78, 5) is 0. The molecule has 0 saturated carbocycles. The topological polar surface area (TPSA) is 24.1 Å². The molecule has 0 unspecified atom stereocenters. The van der Waals surface area contributed by atoms with Crippen molar-refractivity contribution >= 4 is 29.2 Å². The van der Waals surface area contributed by atoms with Crippen LogP contribution in [0.25, 0.3) is 0 Å². The Morgan fingerprint density at radius 2 is 1.93 bits per heavy atom. The Balaban J connectivity index is 2.07. The zero-order chi connectivity index (χ0) is 10.7. The summed E-state index contributed by atoms with van der Waals surface area (Å²) in [6.45, 7) is 1.82. The van der Waals surface area contributed by atoms with E-state index in [2.05, 4.69) is 16.7 Å². The lowest BCUT2D eigenvalue weighted by atomic mass is 9.97. The molecule has 1 aliphatic heterocycles. The van der Waals surface area contributed by atoms with Crippen molar-refractivity contribution in [2.24, 2.45) is 0 Å². The van der Waals surface area contributed by atoms with Gasteiger partial charge in [0.1, 0.15) is 0 Å². The van der Waals surface area contributed by atoms with Crippen molar-refractivity contribution in [2.75, 3.05) is 13.1 Å². The number of nitrogens with one attached hydrogen (secondary N) is 2. The van der Waals surface area contributed by atoms with Gasteiger partial charge in [-0.15, -0.1) is 0 Å². The molecular formula is C11H13ClN2S. The van der Waals surface area contributed by atoms with Crippen LogP contribution in [0.3, 0.4) is 0 Å². The lowest BCUT2D eigenvalue weighted by Crippen LogP contribution is -2.52. The van der Waals surface area contributed by atoms with Crippen molar-refractivity contribution in [1.82, 2.24) is 10.6 Å². The van der Waals surface area contributed by atoms with Crippen molar-refractivity contribution in [2.45, 2.75) is 12.1 Å². The van der Waals surface area contributed by atoms with Crippen LogP contribution in [0.5, 0.6) is 0 Å². The van der Waals surface area contributed by atoms with Crippen molar-refractivity contribution in [1.29, 1.82) is 0 Å². The van der Waals surface area contributed by atoms with Gasteiger partial charge in [0.2, 0.25) is 0 Å². The minimum atomic E-state index is 0.152. The number of thiocarbonyl (C=S) groups is 1. The first kappa shape index (κ1) is 11.0. The third-order valence-corrected chi connectivity index (χ3v) is 3.27. The molecule has 0 spiro atoms. The van der Waals surface area contributed by atoms with Crippen LogP contribution in [0.4, 0.5) is 0 Å². The van der Waals surface area contributed by atoms with Gasteiger partial charge < -0.3 is 0 Å². The van der Waals surface area contributed by atoms with E-state index in [4.69, 9.17) is 23.8 Å². The van der Waals surface area contributed by atoms with E-state index in [1.807, 2.05) is 18.2 Å². The van der Waals surface area contributed by atoms with Crippen LogP contribution in [0.15, 0.2) is 24.3 Å². The molecule has 0 amide bonds. The minimum Gasteiger partial charge on any atom is -0.297 e. The van der Waals surface area contributed by atoms with Crippen LogP contribution in [-0.4, -0.2) is 24.6 Å². The lowest BCUT2D eigenvalue weighted by Gasteiger charge is -2.29. The van der Waals surface area contributed by atoms with Crippen LogP contribution < -0.4 is 10.6 Å². The molecule has 1 heterocycles. The molecule has 0 aromatic heterocycles. The van der Waals surface area contributed by atoms with Gasteiger partial charge in [-0.1, -0.05) is 42.0 Å². The average Bonchev–Trinajstić information content (AvgIpc) is 2.30. The molecule has 2 rings (SSSR count). The smallest absolute Gasteiger partial charge is 0.0869 e. The van der Waals surface area contributed by atoms with Crippen LogP contribution >= 0.6 is 23.8 Å². The van der Waals surface area contributed by atoms with E-state index in [0.29, 0.717) is 5.92 Å². The zero-order valence-corrected chi connectivity index (χ0v) is 9.81. The molecular weight excluding hydrogens is 228 g/mol. The van der Waals surface area contributed by atoms with Crippen LogP contribution in [0, 0.1) is 0 Å².